The number of aromatic nitrogens is 1. The Morgan fingerprint density at radius 3 is 2.78 bits per heavy atom. The summed E-state index contributed by atoms with van der Waals surface area (Å²) in [6.45, 7) is 1.69. The molecule has 1 aliphatic rings. The van der Waals surface area contributed by atoms with Gasteiger partial charge in [-0.25, -0.2) is 9.78 Å². The molecule has 1 aromatic carbocycles. The van der Waals surface area contributed by atoms with E-state index in [2.05, 4.69) is 30.6 Å². The minimum absolute atomic E-state index is 0.0437. The first-order valence-corrected chi connectivity index (χ1v) is 9.35. The number of hydrogen-bond donors (Lipinski definition) is 1. The fourth-order valence-corrected chi connectivity index (χ4v) is 3.92. The molecule has 0 amide bonds. The minimum Gasteiger partial charge on any atom is -0.474 e. The first-order chi connectivity index (χ1) is 13.1. The topological polar surface area (TPSA) is 85.0 Å². The van der Waals surface area contributed by atoms with Crippen LogP contribution in [0.5, 0.6) is 11.8 Å². The Morgan fingerprint density at radius 1 is 1.26 bits per heavy atom. The van der Waals surface area contributed by atoms with Gasteiger partial charge >= 0.3 is 6.16 Å². The van der Waals surface area contributed by atoms with Crippen LogP contribution in [0.1, 0.15) is 12.8 Å². The molecular formula is C19H17BrN2O5. The molecular weight excluding hydrogens is 416 g/mol. The second-order valence-corrected chi connectivity index (χ2v) is 7.01. The van der Waals surface area contributed by atoms with Crippen LogP contribution in [-0.2, 0) is 0 Å². The number of carbonyl (C=O) groups is 1. The van der Waals surface area contributed by atoms with E-state index in [9.17, 15) is 4.79 Å². The molecule has 1 saturated heterocycles. The van der Waals surface area contributed by atoms with Crippen molar-refractivity contribution in [2.45, 2.75) is 18.9 Å². The lowest BCUT2D eigenvalue weighted by atomic mass is 10.1. The maximum Gasteiger partial charge on any atom is 0.513 e. The molecule has 140 valence electrons. The predicted molar refractivity (Wildman–Crippen MR) is 103 cm³/mol. The van der Waals surface area contributed by atoms with Crippen LogP contribution < -0.4 is 14.4 Å². The van der Waals surface area contributed by atoms with Crippen molar-refractivity contribution in [3.05, 3.63) is 47.1 Å². The zero-order chi connectivity index (χ0) is 18.8. The molecule has 4 rings (SSSR count). The highest BCUT2D eigenvalue weighted by molar-refractivity contribution is 9.10. The van der Waals surface area contributed by atoms with E-state index in [0.717, 1.165) is 41.5 Å². The van der Waals surface area contributed by atoms with Crippen LogP contribution >= 0.6 is 15.9 Å². The Hall–Kier alpha value is -2.74. The lowest BCUT2D eigenvalue weighted by molar-refractivity contribution is 0.134. The third kappa shape index (κ3) is 3.85. The van der Waals surface area contributed by atoms with Gasteiger partial charge in [0, 0.05) is 49.6 Å². The number of ether oxygens (including phenoxy) is 2. The van der Waals surface area contributed by atoms with Crippen LogP contribution in [-0.4, -0.2) is 35.4 Å². The number of nitrogens with zero attached hydrogens (tertiary/aromatic N) is 2. The Kier molecular flexibility index (Phi) is 4.89. The normalized spacial score (nSPS) is 15.1. The number of fused-ring (bicyclic) bond motifs is 1. The van der Waals surface area contributed by atoms with Gasteiger partial charge in [0.1, 0.15) is 11.7 Å². The third-order valence-corrected chi connectivity index (χ3v) is 5.32. The molecule has 27 heavy (non-hydrogen) atoms. The lowest BCUT2D eigenvalue weighted by Gasteiger charge is -2.34. The molecule has 7 nitrogen and oxygen atoms in total. The summed E-state index contributed by atoms with van der Waals surface area (Å²) in [5, 5.41) is 9.51. The van der Waals surface area contributed by atoms with Crippen molar-refractivity contribution in [3.8, 4) is 11.8 Å². The number of carboxylic acid groups (broad SMARTS) is 1. The first kappa shape index (κ1) is 17.7. The summed E-state index contributed by atoms with van der Waals surface area (Å²) in [5.41, 5.74) is 1.59. The van der Waals surface area contributed by atoms with Gasteiger partial charge in [-0.1, -0.05) is 6.07 Å². The molecule has 8 heteroatoms. The number of benzene rings is 1. The van der Waals surface area contributed by atoms with Gasteiger partial charge in [-0.15, -0.1) is 0 Å². The van der Waals surface area contributed by atoms with Gasteiger partial charge in [0.05, 0.1) is 10.2 Å². The van der Waals surface area contributed by atoms with Gasteiger partial charge in [0.25, 0.3) is 5.95 Å². The number of piperidine rings is 1. The van der Waals surface area contributed by atoms with Gasteiger partial charge < -0.3 is 23.9 Å². The summed E-state index contributed by atoms with van der Waals surface area (Å²) in [5.74, 6) is 0.612. The van der Waals surface area contributed by atoms with Crippen LogP contribution in [0.4, 0.5) is 10.5 Å². The Balaban J connectivity index is 1.47. The van der Waals surface area contributed by atoms with E-state index in [4.69, 9.17) is 14.3 Å². The van der Waals surface area contributed by atoms with Crippen molar-refractivity contribution < 1.29 is 23.8 Å². The molecule has 0 unspecified atom stereocenters. The molecule has 3 aromatic rings. The van der Waals surface area contributed by atoms with Crippen LogP contribution in [0.3, 0.4) is 0 Å². The fraction of sp³-hybridized carbons (Fsp3) is 0.263. The second-order valence-electron chi connectivity index (χ2n) is 6.22. The molecule has 0 radical (unpaired) electrons. The van der Waals surface area contributed by atoms with Gasteiger partial charge in [-0.05, 0) is 34.1 Å². The van der Waals surface area contributed by atoms with Crippen molar-refractivity contribution in [3.63, 3.8) is 0 Å². The first-order valence-electron chi connectivity index (χ1n) is 8.55. The molecule has 2 aromatic heterocycles. The SMILES string of the molecule is O=C(O)Oc1cc2c(Br)c(N3CCC(Oc4ccccn4)CC3)ccc2o1. The van der Waals surface area contributed by atoms with E-state index >= 15 is 0 Å². The highest BCUT2D eigenvalue weighted by atomic mass is 79.9. The number of rotatable bonds is 4. The molecule has 0 saturated carbocycles. The number of halogens is 1. The van der Waals surface area contributed by atoms with Crippen molar-refractivity contribution >= 4 is 38.7 Å². The third-order valence-electron chi connectivity index (χ3n) is 4.49. The van der Waals surface area contributed by atoms with Crippen molar-refractivity contribution in [2.75, 3.05) is 18.0 Å². The zero-order valence-electron chi connectivity index (χ0n) is 14.3. The number of pyridine rings is 1. The highest BCUT2D eigenvalue weighted by Gasteiger charge is 2.23. The summed E-state index contributed by atoms with van der Waals surface area (Å²) in [4.78, 5) is 17.2. The summed E-state index contributed by atoms with van der Waals surface area (Å²) < 4.78 is 16.8. The van der Waals surface area contributed by atoms with E-state index in [0.29, 0.717) is 11.5 Å². The van der Waals surface area contributed by atoms with Crippen molar-refractivity contribution in [1.82, 2.24) is 4.98 Å². The number of anilines is 1. The monoisotopic (exact) mass is 432 g/mol. The number of furan rings is 1. The lowest BCUT2D eigenvalue weighted by Crippen LogP contribution is -2.38. The molecule has 1 N–H and O–H groups in total. The Labute approximate surface area is 163 Å². The maximum atomic E-state index is 10.7. The smallest absolute Gasteiger partial charge is 0.474 e. The van der Waals surface area contributed by atoms with Gasteiger partial charge in [-0.3, -0.25) is 0 Å². The van der Waals surface area contributed by atoms with E-state index in [-0.39, 0.29) is 12.1 Å². The van der Waals surface area contributed by atoms with Crippen molar-refractivity contribution in [2.24, 2.45) is 0 Å². The Morgan fingerprint density at radius 2 is 2.07 bits per heavy atom. The van der Waals surface area contributed by atoms with Crippen LogP contribution in [0.2, 0.25) is 0 Å². The maximum absolute atomic E-state index is 10.7. The quantitative estimate of drug-likeness (QED) is 0.598. The molecule has 3 heterocycles. The van der Waals surface area contributed by atoms with Crippen LogP contribution in [0.25, 0.3) is 11.0 Å². The minimum atomic E-state index is -1.40. The van der Waals surface area contributed by atoms with Gasteiger partial charge in [-0.2, -0.15) is 0 Å². The van der Waals surface area contributed by atoms with E-state index in [1.54, 1.807) is 12.3 Å². The summed E-state index contributed by atoms with van der Waals surface area (Å²) in [6.07, 6.45) is 2.24. The molecule has 0 spiro atoms. The summed E-state index contributed by atoms with van der Waals surface area (Å²) in [7, 11) is 0. The van der Waals surface area contributed by atoms with Gasteiger partial charge in [0.2, 0.25) is 5.88 Å². The van der Waals surface area contributed by atoms with Crippen molar-refractivity contribution in [1.29, 1.82) is 0 Å². The average molecular weight is 433 g/mol. The molecule has 0 aliphatic carbocycles. The zero-order valence-corrected chi connectivity index (χ0v) is 15.9. The van der Waals surface area contributed by atoms with Crippen LogP contribution in [0, 0.1) is 0 Å². The summed E-state index contributed by atoms with van der Waals surface area (Å²) in [6, 6.07) is 11.0. The summed E-state index contributed by atoms with van der Waals surface area (Å²) >= 11 is 3.62. The Bertz CT molecular complexity index is 951. The van der Waals surface area contributed by atoms with E-state index < -0.39 is 6.16 Å². The van der Waals surface area contributed by atoms with E-state index in [1.807, 2.05) is 30.3 Å². The fourth-order valence-electron chi connectivity index (χ4n) is 3.23. The standard InChI is InChI=1S/C19H17BrN2O5/c20-18-13-11-17(27-19(23)24)26-15(13)5-4-14(18)22-9-6-12(7-10-22)25-16-3-1-2-8-21-16/h1-5,8,11-12H,6-7,9-10H2,(H,23,24). The largest absolute Gasteiger partial charge is 0.513 e. The molecule has 1 aliphatic heterocycles. The highest BCUT2D eigenvalue weighted by Crippen LogP contribution is 2.38. The average Bonchev–Trinajstić information content (AvgIpc) is 3.06. The van der Waals surface area contributed by atoms with Crippen LogP contribution in [0.15, 0.2) is 51.5 Å². The number of hydrogen-bond acceptors (Lipinski definition) is 6. The van der Waals surface area contributed by atoms with Gasteiger partial charge in [0.15, 0.2) is 0 Å². The molecule has 0 bridgehead atoms. The predicted octanol–water partition coefficient (Wildman–Crippen LogP) is 4.69. The second kappa shape index (κ2) is 7.48. The molecule has 1 fully saturated rings. The molecule has 0 atom stereocenters. The van der Waals surface area contributed by atoms with E-state index in [1.165, 1.54) is 0 Å².